The third-order valence-corrected chi connectivity index (χ3v) is 4.60. The quantitative estimate of drug-likeness (QED) is 0.674. The zero-order chi connectivity index (χ0) is 18.8. The highest BCUT2D eigenvalue weighted by Gasteiger charge is 2.15. The Morgan fingerprint density at radius 3 is 2.31 bits per heavy atom. The molecule has 0 radical (unpaired) electrons. The average Bonchev–Trinajstić information content (AvgIpc) is 2.99. The molecule has 4 nitrogen and oxygen atoms in total. The van der Waals surface area contributed by atoms with Gasteiger partial charge in [-0.05, 0) is 67.8 Å². The first-order chi connectivity index (χ1) is 12.4. The predicted octanol–water partition coefficient (Wildman–Crippen LogP) is 4.89. The van der Waals surface area contributed by atoms with Gasteiger partial charge in [-0.2, -0.15) is 5.10 Å². The Balaban J connectivity index is 1.83. The first-order valence-electron chi connectivity index (χ1n) is 8.88. The van der Waals surface area contributed by atoms with E-state index < -0.39 is 0 Å². The lowest BCUT2D eigenvalue weighted by molar-refractivity contribution is 0.0993. The molecular formula is C22H25N3O. The number of nitrogens with zero attached hydrogens (tertiary/aromatic N) is 3. The number of amides is 1. The molecule has 1 amide bonds. The van der Waals surface area contributed by atoms with Crippen LogP contribution in [0.4, 0.5) is 5.69 Å². The Hall–Kier alpha value is -2.88. The van der Waals surface area contributed by atoms with E-state index in [0.29, 0.717) is 11.5 Å². The molecule has 1 aromatic heterocycles. The van der Waals surface area contributed by atoms with E-state index in [2.05, 4.69) is 31.1 Å². The lowest BCUT2D eigenvalue weighted by atomic mass is 10.0. The minimum Gasteiger partial charge on any atom is -0.311 e. The highest BCUT2D eigenvalue weighted by Crippen LogP contribution is 2.22. The first kappa shape index (κ1) is 17.9. The summed E-state index contributed by atoms with van der Waals surface area (Å²) in [6, 6.07) is 17.8. The van der Waals surface area contributed by atoms with E-state index in [0.717, 1.165) is 22.8 Å². The molecule has 0 saturated heterocycles. The third-order valence-electron chi connectivity index (χ3n) is 4.60. The van der Waals surface area contributed by atoms with Crippen molar-refractivity contribution in [2.75, 3.05) is 11.9 Å². The van der Waals surface area contributed by atoms with Crippen molar-refractivity contribution < 1.29 is 4.79 Å². The van der Waals surface area contributed by atoms with Crippen molar-refractivity contribution in [1.82, 2.24) is 9.78 Å². The van der Waals surface area contributed by atoms with Crippen LogP contribution in [0.1, 0.15) is 47.1 Å². The summed E-state index contributed by atoms with van der Waals surface area (Å²) in [6.07, 6.45) is 0. The van der Waals surface area contributed by atoms with Crippen LogP contribution >= 0.6 is 0 Å². The van der Waals surface area contributed by atoms with Crippen LogP contribution in [-0.4, -0.2) is 22.7 Å². The van der Waals surface area contributed by atoms with Crippen LogP contribution in [-0.2, 0) is 0 Å². The van der Waals surface area contributed by atoms with Crippen molar-refractivity contribution in [2.45, 2.75) is 33.6 Å². The molecule has 134 valence electrons. The Labute approximate surface area is 155 Å². The lowest BCUT2D eigenvalue weighted by Gasteiger charge is -2.19. The summed E-state index contributed by atoms with van der Waals surface area (Å²) in [7, 11) is 1.82. The van der Waals surface area contributed by atoms with Gasteiger partial charge in [-0.25, -0.2) is 4.68 Å². The maximum Gasteiger partial charge on any atom is 0.258 e. The van der Waals surface area contributed by atoms with Crippen molar-refractivity contribution >= 4 is 11.6 Å². The minimum atomic E-state index is -0.0224. The van der Waals surface area contributed by atoms with Crippen molar-refractivity contribution in [2.24, 2.45) is 0 Å². The van der Waals surface area contributed by atoms with Crippen molar-refractivity contribution in [3.05, 3.63) is 77.1 Å². The molecule has 0 atom stereocenters. The second kappa shape index (κ2) is 7.16. The van der Waals surface area contributed by atoms with Gasteiger partial charge in [0.1, 0.15) is 0 Å². The van der Waals surface area contributed by atoms with Gasteiger partial charge in [0, 0.05) is 24.0 Å². The van der Waals surface area contributed by atoms with Crippen LogP contribution in [0.3, 0.4) is 0 Å². The van der Waals surface area contributed by atoms with Crippen LogP contribution < -0.4 is 4.90 Å². The largest absolute Gasteiger partial charge is 0.311 e. The van der Waals surface area contributed by atoms with Crippen molar-refractivity contribution in [3.8, 4) is 5.69 Å². The van der Waals surface area contributed by atoms with E-state index in [1.54, 1.807) is 4.90 Å². The fraction of sp³-hybridized carbons (Fsp3) is 0.273. The van der Waals surface area contributed by atoms with Crippen LogP contribution in [0.15, 0.2) is 54.6 Å². The summed E-state index contributed by atoms with van der Waals surface area (Å²) in [5, 5.41) is 4.49. The number of carbonyl (C=O) groups is 1. The maximum absolute atomic E-state index is 12.8. The van der Waals surface area contributed by atoms with Gasteiger partial charge in [-0.3, -0.25) is 4.79 Å². The summed E-state index contributed by atoms with van der Waals surface area (Å²) >= 11 is 0. The molecule has 1 heterocycles. The molecule has 0 fully saturated rings. The molecule has 0 aliphatic heterocycles. The number of benzene rings is 2. The van der Waals surface area contributed by atoms with Gasteiger partial charge >= 0.3 is 0 Å². The van der Waals surface area contributed by atoms with Crippen LogP contribution in [0.25, 0.3) is 5.69 Å². The standard InChI is InChI=1S/C22H25N3O/c1-15(2)19-7-6-8-21(14-19)24(5)22(26)18-9-11-20(12-10-18)25-17(4)13-16(3)23-25/h6-15H,1-5H3. The molecule has 3 rings (SSSR count). The molecule has 0 unspecified atom stereocenters. The monoisotopic (exact) mass is 347 g/mol. The topological polar surface area (TPSA) is 38.1 Å². The van der Waals surface area contributed by atoms with E-state index in [4.69, 9.17) is 0 Å². The Kier molecular flexibility index (Phi) is 4.94. The lowest BCUT2D eigenvalue weighted by Crippen LogP contribution is -2.26. The normalized spacial score (nSPS) is 11.0. The SMILES string of the molecule is Cc1cc(C)n(-c2ccc(C(=O)N(C)c3cccc(C(C)C)c3)cc2)n1. The summed E-state index contributed by atoms with van der Waals surface area (Å²) in [5.41, 5.74) is 5.80. The van der Waals surface area contributed by atoms with Crippen LogP contribution in [0.5, 0.6) is 0 Å². The van der Waals surface area contributed by atoms with E-state index in [1.807, 2.05) is 68.0 Å². The zero-order valence-electron chi connectivity index (χ0n) is 16.0. The van der Waals surface area contributed by atoms with Gasteiger partial charge in [-0.1, -0.05) is 26.0 Å². The molecular weight excluding hydrogens is 322 g/mol. The second-order valence-corrected chi connectivity index (χ2v) is 7.00. The molecule has 26 heavy (non-hydrogen) atoms. The molecule has 3 aromatic rings. The fourth-order valence-electron chi connectivity index (χ4n) is 3.04. The van der Waals surface area contributed by atoms with Crippen LogP contribution in [0.2, 0.25) is 0 Å². The van der Waals surface area contributed by atoms with Gasteiger partial charge in [0.05, 0.1) is 11.4 Å². The van der Waals surface area contributed by atoms with E-state index in [9.17, 15) is 4.79 Å². The summed E-state index contributed by atoms with van der Waals surface area (Å²) in [5.74, 6) is 0.407. The Morgan fingerprint density at radius 2 is 1.73 bits per heavy atom. The molecule has 0 aliphatic carbocycles. The number of hydrogen-bond donors (Lipinski definition) is 0. The number of carbonyl (C=O) groups excluding carboxylic acids is 1. The highest BCUT2D eigenvalue weighted by atomic mass is 16.2. The summed E-state index contributed by atoms with van der Waals surface area (Å²) in [6.45, 7) is 8.30. The summed E-state index contributed by atoms with van der Waals surface area (Å²) < 4.78 is 1.89. The fourth-order valence-corrected chi connectivity index (χ4v) is 3.04. The smallest absolute Gasteiger partial charge is 0.258 e. The third kappa shape index (κ3) is 3.54. The summed E-state index contributed by atoms with van der Waals surface area (Å²) in [4.78, 5) is 14.5. The molecule has 2 aromatic carbocycles. The van der Waals surface area contributed by atoms with E-state index in [-0.39, 0.29) is 5.91 Å². The highest BCUT2D eigenvalue weighted by molar-refractivity contribution is 6.05. The minimum absolute atomic E-state index is 0.0224. The van der Waals surface area contributed by atoms with Crippen molar-refractivity contribution in [1.29, 1.82) is 0 Å². The Morgan fingerprint density at radius 1 is 1.04 bits per heavy atom. The molecule has 0 saturated carbocycles. The predicted molar refractivity (Wildman–Crippen MR) is 106 cm³/mol. The first-order valence-corrected chi connectivity index (χ1v) is 8.88. The number of hydrogen-bond acceptors (Lipinski definition) is 2. The van der Waals surface area contributed by atoms with Crippen LogP contribution in [0, 0.1) is 13.8 Å². The van der Waals surface area contributed by atoms with E-state index >= 15 is 0 Å². The van der Waals surface area contributed by atoms with Gasteiger partial charge in [0.15, 0.2) is 0 Å². The van der Waals surface area contributed by atoms with E-state index in [1.165, 1.54) is 5.56 Å². The average molecular weight is 347 g/mol. The molecule has 0 aliphatic rings. The second-order valence-electron chi connectivity index (χ2n) is 7.00. The molecule has 4 heteroatoms. The molecule has 0 spiro atoms. The van der Waals surface area contributed by atoms with Gasteiger partial charge in [-0.15, -0.1) is 0 Å². The van der Waals surface area contributed by atoms with Gasteiger partial charge in [0.25, 0.3) is 5.91 Å². The molecule has 0 N–H and O–H groups in total. The maximum atomic E-state index is 12.8. The number of rotatable bonds is 4. The number of aryl methyl sites for hydroxylation is 2. The number of anilines is 1. The van der Waals surface area contributed by atoms with Crippen molar-refractivity contribution in [3.63, 3.8) is 0 Å². The van der Waals surface area contributed by atoms with Gasteiger partial charge < -0.3 is 4.90 Å². The molecule has 0 bridgehead atoms. The van der Waals surface area contributed by atoms with Gasteiger partial charge in [0.2, 0.25) is 0 Å². The number of aromatic nitrogens is 2. The zero-order valence-corrected chi connectivity index (χ0v) is 16.0. The Bertz CT molecular complexity index is 923.